The molecule has 2 aliphatic rings. The molecule has 1 aliphatic heterocycles. The molecule has 3 heteroatoms. The van der Waals surface area contributed by atoms with E-state index in [0.29, 0.717) is 18.2 Å². The van der Waals surface area contributed by atoms with Gasteiger partial charge in [0.2, 0.25) is 0 Å². The maximum absolute atomic E-state index is 6.03. The summed E-state index contributed by atoms with van der Waals surface area (Å²) in [5.41, 5.74) is 0.00583. The Labute approximate surface area is 112 Å². The minimum Gasteiger partial charge on any atom is -0.370 e. The van der Waals surface area contributed by atoms with Gasteiger partial charge in [0.05, 0.1) is 11.7 Å². The Bertz CT molecular complexity index is 265. The first-order valence-corrected chi connectivity index (χ1v) is 7.67. The van der Waals surface area contributed by atoms with Crippen LogP contribution in [0.25, 0.3) is 0 Å². The second-order valence-electron chi connectivity index (χ2n) is 6.63. The van der Waals surface area contributed by atoms with Crippen LogP contribution < -0.4 is 5.32 Å². The largest absolute Gasteiger partial charge is 0.370 e. The van der Waals surface area contributed by atoms with Gasteiger partial charge < -0.3 is 10.1 Å². The maximum atomic E-state index is 6.03. The van der Waals surface area contributed by atoms with Gasteiger partial charge in [0, 0.05) is 25.2 Å². The first kappa shape index (κ1) is 14.3. The van der Waals surface area contributed by atoms with E-state index in [1.54, 1.807) is 0 Å². The van der Waals surface area contributed by atoms with Gasteiger partial charge in [-0.3, -0.25) is 4.90 Å². The first-order valence-electron chi connectivity index (χ1n) is 7.67. The normalized spacial score (nSPS) is 37.7. The lowest BCUT2D eigenvalue weighted by atomic mass is 9.87. The summed E-state index contributed by atoms with van der Waals surface area (Å²) in [4.78, 5) is 2.68. The van der Waals surface area contributed by atoms with Crippen LogP contribution in [0.2, 0.25) is 0 Å². The molecule has 0 aromatic heterocycles. The molecule has 0 radical (unpaired) electrons. The molecule has 1 saturated heterocycles. The number of nitrogens with zero attached hydrogens (tertiary/aromatic N) is 1. The number of hydrogen-bond donors (Lipinski definition) is 1. The zero-order valence-electron chi connectivity index (χ0n) is 12.5. The lowest BCUT2D eigenvalue weighted by Gasteiger charge is -2.48. The van der Waals surface area contributed by atoms with Gasteiger partial charge in [0.1, 0.15) is 0 Å². The van der Waals surface area contributed by atoms with Gasteiger partial charge in [-0.25, -0.2) is 0 Å². The molecule has 1 aliphatic carbocycles. The highest BCUT2D eigenvalue weighted by atomic mass is 16.5. The van der Waals surface area contributed by atoms with Crippen molar-refractivity contribution in [3.05, 3.63) is 0 Å². The van der Waals surface area contributed by atoms with E-state index in [1.165, 1.54) is 25.7 Å². The predicted octanol–water partition coefficient (Wildman–Crippen LogP) is 2.41. The highest BCUT2D eigenvalue weighted by molar-refractivity contribution is 4.93. The molecule has 2 fully saturated rings. The van der Waals surface area contributed by atoms with Gasteiger partial charge in [-0.15, -0.1) is 0 Å². The number of likely N-dealkylation sites (N-methyl/N-ethyl adjacent to an activating group) is 1. The quantitative estimate of drug-likeness (QED) is 0.837. The van der Waals surface area contributed by atoms with Crippen LogP contribution in [0.4, 0.5) is 0 Å². The molecule has 106 valence electrons. The van der Waals surface area contributed by atoms with Crippen LogP contribution in [0, 0.1) is 0 Å². The summed E-state index contributed by atoms with van der Waals surface area (Å²) in [6.45, 7) is 12.1. The number of rotatable bonds is 3. The first-order chi connectivity index (χ1) is 8.52. The fourth-order valence-electron chi connectivity index (χ4n) is 3.80. The minimum atomic E-state index is 0.00583. The molecule has 2 rings (SSSR count). The number of nitrogens with one attached hydrogen (secondary N) is 1. The van der Waals surface area contributed by atoms with Crippen molar-refractivity contribution in [1.29, 1.82) is 0 Å². The molecule has 1 heterocycles. The Morgan fingerprint density at radius 3 is 2.67 bits per heavy atom. The van der Waals surface area contributed by atoms with Gasteiger partial charge >= 0.3 is 0 Å². The third-order valence-electron chi connectivity index (χ3n) is 4.26. The van der Waals surface area contributed by atoms with E-state index in [2.05, 4.69) is 37.9 Å². The summed E-state index contributed by atoms with van der Waals surface area (Å²) < 4.78 is 6.03. The molecule has 0 aromatic carbocycles. The van der Waals surface area contributed by atoms with Crippen LogP contribution in [0.3, 0.4) is 0 Å². The molecule has 1 N–H and O–H groups in total. The predicted molar refractivity (Wildman–Crippen MR) is 75.9 cm³/mol. The second-order valence-corrected chi connectivity index (χ2v) is 6.63. The topological polar surface area (TPSA) is 24.5 Å². The van der Waals surface area contributed by atoms with E-state index < -0.39 is 0 Å². The van der Waals surface area contributed by atoms with Crippen LogP contribution in [0.1, 0.15) is 53.4 Å². The van der Waals surface area contributed by atoms with Gasteiger partial charge in [0.25, 0.3) is 0 Å². The lowest BCUT2D eigenvalue weighted by molar-refractivity contribution is -0.142. The van der Waals surface area contributed by atoms with Gasteiger partial charge in [-0.1, -0.05) is 19.8 Å². The second kappa shape index (κ2) is 5.89. The minimum absolute atomic E-state index is 0.00583. The van der Waals surface area contributed by atoms with Gasteiger partial charge in [-0.05, 0) is 40.2 Å². The summed E-state index contributed by atoms with van der Waals surface area (Å²) in [5, 5.41) is 3.69. The fraction of sp³-hybridized carbons (Fsp3) is 1.00. The maximum Gasteiger partial charge on any atom is 0.0757 e. The van der Waals surface area contributed by atoms with Crippen molar-refractivity contribution in [2.45, 2.75) is 77.2 Å². The third-order valence-corrected chi connectivity index (χ3v) is 4.26. The van der Waals surface area contributed by atoms with E-state index in [4.69, 9.17) is 4.74 Å². The van der Waals surface area contributed by atoms with Crippen molar-refractivity contribution in [2.75, 3.05) is 19.6 Å². The Morgan fingerprint density at radius 1 is 1.28 bits per heavy atom. The van der Waals surface area contributed by atoms with E-state index in [0.717, 1.165) is 19.6 Å². The highest BCUT2D eigenvalue weighted by Crippen LogP contribution is 2.29. The van der Waals surface area contributed by atoms with Crippen LogP contribution in [-0.2, 0) is 4.74 Å². The molecule has 3 atom stereocenters. The molecular formula is C15H30N2O. The van der Waals surface area contributed by atoms with Crippen LogP contribution in [0.15, 0.2) is 0 Å². The monoisotopic (exact) mass is 254 g/mol. The fourth-order valence-corrected chi connectivity index (χ4v) is 3.80. The summed E-state index contributed by atoms with van der Waals surface area (Å²) >= 11 is 0. The highest BCUT2D eigenvalue weighted by Gasteiger charge is 2.38. The molecular weight excluding hydrogens is 224 g/mol. The third kappa shape index (κ3) is 3.46. The molecule has 3 nitrogen and oxygen atoms in total. The summed E-state index contributed by atoms with van der Waals surface area (Å²) in [6.07, 6.45) is 5.82. The van der Waals surface area contributed by atoms with Gasteiger partial charge in [-0.2, -0.15) is 0 Å². The molecule has 0 amide bonds. The van der Waals surface area contributed by atoms with Crippen molar-refractivity contribution < 1.29 is 4.74 Å². The smallest absolute Gasteiger partial charge is 0.0757 e. The lowest BCUT2D eigenvalue weighted by Crippen LogP contribution is -2.60. The summed E-state index contributed by atoms with van der Waals surface area (Å²) in [7, 11) is 0. The number of ether oxygens (including phenoxy) is 1. The average Bonchev–Trinajstić information content (AvgIpc) is 2.27. The van der Waals surface area contributed by atoms with E-state index in [9.17, 15) is 0 Å². The Morgan fingerprint density at radius 2 is 2.00 bits per heavy atom. The number of morpholine rings is 1. The Balaban J connectivity index is 2.03. The van der Waals surface area contributed by atoms with E-state index >= 15 is 0 Å². The Kier molecular flexibility index (Phi) is 4.68. The zero-order chi connectivity index (χ0) is 13.2. The van der Waals surface area contributed by atoms with Crippen molar-refractivity contribution in [1.82, 2.24) is 10.2 Å². The summed E-state index contributed by atoms with van der Waals surface area (Å²) in [6, 6.07) is 1.40. The van der Waals surface area contributed by atoms with Crippen molar-refractivity contribution in [3.63, 3.8) is 0 Å². The zero-order valence-corrected chi connectivity index (χ0v) is 12.5. The SMILES string of the molecule is CCNC1CCCCC1N1CC(C)OC(C)(C)C1. The van der Waals surface area contributed by atoms with E-state index in [-0.39, 0.29) is 5.60 Å². The van der Waals surface area contributed by atoms with Crippen molar-refractivity contribution >= 4 is 0 Å². The molecule has 3 unspecified atom stereocenters. The van der Waals surface area contributed by atoms with Gasteiger partial charge in [0.15, 0.2) is 0 Å². The summed E-state index contributed by atoms with van der Waals surface area (Å²) in [5.74, 6) is 0. The van der Waals surface area contributed by atoms with E-state index in [1.807, 2.05) is 0 Å². The average molecular weight is 254 g/mol. The molecule has 1 saturated carbocycles. The standard InChI is InChI=1S/C15H30N2O/c1-5-16-13-8-6-7-9-14(13)17-10-12(2)18-15(3,4)11-17/h12-14,16H,5-11H2,1-4H3. The van der Waals surface area contributed by atoms with Crippen molar-refractivity contribution in [3.8, 4) is 0 Å². The van der Waals surface area contributed by atoms with Crippen LogP contribution in [0.5, 0.6) is 0 Å². The number of hydrogen-bond acceptors (Lipinski definition) is 3. The molecule has 0 aromatic rings. The van der Waals surface area contributed by atoms with Crippen LogP contribution >= 0.6 is 0 Å². The molecule has 0 bridgehead atoms. The molecule has 0 spiro atoms. The molecule has 18 heavy (non-hydrogen) atoms. The Hall–Kier alpha value is -0.120. The van der Waals surface area contributed by atoms with Crippen molar-refractivity contribution in [2.24, 2.45) is 0 Å². The van der Waals surface area contributed by atoms with Crippen LogP contribution in [-0.4, -0.2) is 48.3 Å².